The standard InChI is InChI=1S/C28H34N4O2/c33-17-28(18-34)9-12-31(13-10-28)23-14-21-8-11-29-27(21)24(16-23)20-6-7-26-25(15-20)30-19-32(26)22-4-2-1-3-5-22/h6-7,11,14-16,19,22,33-34H,1-5,8-10,12-13,17-18H2. The zero-order chi connectivity index (χ0) is 23.1. The molecule has 0 unspecified atom stereocenters. The maximum Gasteiger partial charge on any atom is 0.0960 e. The molecule has 1 aliphatic carbocycles. The first kappa shape index (κ1) is 21.8. The predicted molar refractivity (Wildman–Crippen MR) is 137 cm³/mol. The Morgan fingerprint density at radius 2 is 1.76 bits per heavy atom. The minimum absolute atomic E-state index is 0.0497. The fraction of sp³-hybridized carbons (Fsp3) is 0.500. The summed E-state index contributed by atoms with van der Waals surface area (Å²) >= 11 is 0. The molecule has 0 spiro atoms. The third-order valence-electron chi connectivity index (χ3n) is 8.42. The zero-order valence-corrected chi connectivity index (χ0v) is 19.8. The van der Waals surface area contributed by atoms with E-state index in [-0.39, 0.29) is 18.6 Å². The molecule has 6 rings (SSSR count). The van der Waals surface area contributed by atoms with Gasteiger partial charge in [-0.25, -0.2) is 4.98 Å². The Morgan fingerprint density at radius 1 is 0.971 bits per heavy atom. The van der Waals surface area contributed by atoms with E-state index in [1.807, 2.05) is 12.5 Å². The first-order valence-corrected chi connectivity index (χ1v) is 12.8. The van der Waals surface area contributed by atoms with Crippen molar-refractivity contribution in [3.8, 4) is 11.1 Å². The van der Waals surface area contributed by atoms with Crippen LogP contribution in [-0.2, 0) is 6.42 Å². The highest BCUT2D eigenvalue weighted by atomic mass is 16.3. The number of rotatable bonds is 5. The number of fused-ring (bicyclic) bond motifs is 2. The van der Waals surface area contributed by atoms with Crippen LogP contribution in [0, 0.1) is 5.41 Å². The van der Waals surface area contributed by atoms with Crippen LogP contribution in [0.1, 0.15) is 56.6 Å². The Balaban J connectivity index is 1.34. The van der Waals surface area contributed by atoms with Crippen LogP contribution >= 0.6 is 0 Å². The lowest BCUT2D eigenvalue weighted by Crippen LogP contribution is -2.44. The second-order valence-electron chi connectivity index (χ2n) is 10.5. The summed E-state index contributed by atoms with van der Waals surface area (Å²) in [5.41, 5.74) is 7.81. The van der Waals surface area contributed by atoms with Crippen molar-refractivity contribution >= 4 is 28.6 Å². The molecule has 1 aromatic heterocycles. The molecule has 0 bridgehead atoms. The van der Waals surface area contributed by atoms with Crippen LogP contribution in [0.15, 0.2) is 41.7 Å². The van der Waals surface area contributed by atoms with E-state index in [1.54, 1.807) is 0 Å². The summed E-state index contributed by atoms with van der Waals surface area (Å²) in [5.74, 6) is 0. The molecule has 2 fully saturated rings. The fourth-order valence-corrected chi connectivity index (χ4v) is 6.08. The van der Waals surface area contributed by atoms with E-state index in [0.717, 1.165) is 54.7 Å². The van der Waals surface area contributed by atoms with Crippen molar-refractivity contribution in [1.29, 1.82) is 0 Å². The number of aliphatic hydroxyl groups excluding tert-OH is 2. The number of benzene rings is 2. The molecule has 3 heterocycles. The Labute approximate surface area is 201 Å². The highest BCUT2D eigenvalue weighted by Crippen LogP contribution is 2.42. The summed E-state index contributed by atoms with van der Waals surface area (Å²) in [4.78, 5) is 11.9. The molecular weight excluding hydrogens is 424 g/mol. The minimum atomic E-state index is -0.346. The van der Waals surface area contributed by atoms with Gasteiger partial charge in [-0.05, 0) is 61.1 Å². The van der Waals surface area contributed by atoms with Gasteiger partial charge in [0.25, 0.3) is 0 Å². The van der Waals surface area contributed by atoms with Gasteiger partial charge in [0, 0.05) is 48.4 Å². The molecule has 34 heavy (non-hydrogen) atoms. The lowest BCUT2D eigenvalue weighted by atomic mass is 9.80. The van der Waals surface area contributed by atoms with Crippen molar-refractivity contribution in [3.05, 3.63) is 42.2 Å². The summed E-state index contributed by atoms with van der Waals surface area (Å²) in [6.45, 7) is 1.78. The van der Waals surface area contributed by atoms with Crippen LogP contribution in [0.4, 0.5) is 11.4 Å². The summed E-state index contributed by atoms with van der Waals surface area (Å²) < 4.78 is 2.39. The number of anilines is 1. The van der Waals surface area contributed by atoms with E-state index in [0.29, 0.717) is 6.04 Å². The minimum Gasteiger partial charge on any atom is -0.396 e. The third kappa shape index (κ3) is 3.73. The van der Waals surface area contributed by atoms with E-state index in [1.165, 1.54) is 48.9 Å². The number of aliphatic hydroxyl groups is 2. The number of aromatic nitrogens is 2. The molecule has 1 saturated carbocycles. The van der Waals surface area contributed by atoms with Gasteiger partial charge in [-0.1, -0.05) is 25.3 Å². The summed E-state index contributed by atoms with van der Waals surface area (Å²) in [5, 5.41) is 19.6. The van der Waals surface area contributed by atoms with E-state index in [4.69, 9.17) is 9.98 Å². The molecule has 2 aromatic carbocycles. The van der Waals surface area contributed by atoms with Crippen LogP contribution in [0.2, 0.25) is 0 Å². The van der Waals surface area contributed by atoms with Crippen LogP contribution < -0.4 is 4.90 Å². The van der Waals surface area contributed by atoms with Gasteiger partial charge in [0.2, 0.25) is 0 Å². The van der Waals surface area contributed by atoms with E-state index in [9.17, 15) is 10.2 Å². The van der Waals surface area contributed by atoms with Crippen LogP contribution in [-0.4, -0.2) is 52.3 Å². The Morgan fingerprint density at radius 3 is 2.53 bits per heavy atom. The van der Waals surface area contributed by atoms with Gasteiger partial charge in [0.05, 0.1) is 36.3 Å². The number of piperidine rings is 1. The normalized spacial score (nSPS) is 20.2. The van der Waals surface area contributed by atoms with Gasteiger partial charge in [-0.2, -0.15) is 0 Å². The number of hydrogen-bond donors (Lipinski definition) is 2. The fourth-order valence-electron chi connectivity index (χ4n) is 6.08. The number of nitrogens with zero attached hydrogens (tertiary/aromatic N) is 4. The van der Waals surface area contributed by atoms with Gasteiger partial charge in [0.1, 0.15) is 0 Å². The maximum absolute atomic E-state index is 9.79. The van der Waals surface area contributed by atoms with Crippen LogP contribution in [0.25, 0.3) is 22.2 Å². The summed E-state index contributed by atoms with van der Waals surface area (Å²) in [6, 6.07) is 11.8. The smallest absolute Gasteiger partial charge is 0.0960 e. The zero-order valence-electron chi connectivity index (χ0n) is 19.8. The van der Waals surface area contributed by atoms with Crippen LogP contribution in [0.3, 0.4) is 0 Å². The van der Waals surface area contributed by atoms with Crippen molar-refractivity contribution in [1.82, 2.24) is 9.55 Å². The van der Waals surface area contributed by atoms with E-state index in [2.05, 4.69) is 39.8 Å². The quantitative estimate of drug-likeness (QED) is 0.562. The first-order valence-electron chi connectivity index (χ1n) is 12.8. The second-order valence-corrected chi connectivity index (χ2v) is 10.5. The molecular formula is C28H34N4O2. The average Bonchev–Trinajstić information content (AvgIpc) is 3.55. The van der Waals surface area contributed by atoms with Gasteiger partial charge >= 0.3 is 0 Å². The molecule has 0 atom stereocenters. The molecule has 0 amide bonds. The molecule has 3 aromatic rings. The molecule has 178 valence electrons. The summed E-state index contributed by atoms with van der Waals surface area (Å²) in [6.07, 6.45) is 13.0. The monoisotopic (exact) mass is 458 g/mol. The molecule has 2 N–H and O–H groups in total. The van der Waals surface area contributed by atoms with Gasteiger partial charge in [-0.3, -0.25) is 4.99 Å². The number of imidazole rings is 1. The third-order valence-corrected chi connectivity index (χ3v) is 8.42. The average molecular weight is 459 g/mol. The predicted octanol–water partition coefficient (Wildman–Crippen LogP) is 5.04. The van der Waals surface area contributed by atoms with Crippen LogP contribution in [0.5, 0.6) is 0 Å². The molecule has 2 aliphatic heterocycles. The van der Waals surface area contributed by atoms with Crippen molar-refractivity contribution in [2.45, 2.75) is 57.4 Å². The Kier molecular flexibility index (Phi) is 5.66. The van der Waals surface area contributed by atoms with Gasteiger partial charge in [0.15, 0.2) is 0 Å². The number of aliphatic imine (C=N–C) groups is 1. The Hall–Kier alpha value is -2.70. The molecule has 1 saturated heterocycles. The van der Waals surface area contributed by atoms with Crippen molar-refractivity contribution in [3.63, 3.8) is 0 Å². The van der Waals surface area contributed by atoms with Crippen molar-refractivity contribution in [2.75, 3.05) is 31.2 Å². The molecule has 6 nitrogen and oxygen atoms in total. The lowest BCUT2D eigenvalue weighted by Gasteiger charge is -2.40. The lowest BCUT2D eigenvalue weighted by molar-refractivity contribution is 0.0341. The molecule has 3 aliphatic rings. The molecule has 0 radical (unpaired) electrons. The summed E-state index contributed by atoms with van der Waals surface area (Å²) in [7, 11) is 0. The largest absolute Gasteiger partial charge is 0.396 e. The van der Waals surface area contributed by atoms with Crippen molar-refractivity contribution < 1.29 is 10.2 Å². The SMILES string of the molecule is OCC1(CO)CCN(c2cc3c(c(-c4ccc5c(c4)ncn5C4CCCCC4)c2)N=CC3)CC1. The highest BCUT2D eigenvalue weighted by Gasteiger charge is 2.34. The second kappa shape index (κ2) is 8.82. The topological polar surface area (TPSA) is 73.9 Å². The highest BCUT2D eigenvalue weighted by molar-refractivity contribution is 5.92. The van der Waals surface area contributed by atoms with E-state index >= 15 is 0 Å². The van der Waals surface area contributed by atoms with Gasteiger partial charge in [-0.15, -0.1) is 0 Å². The Bertz CT molecular complexity index is 1210. The maximum atomic E-state index is 9.79. The van der Waals surface area contributed by atoms with E-state index < -0.39 is 0 Å². The van der Waals surface area contributed by atoms with Gasteiger partial charge < -0.3 is 19.7 Å². The first-order chi connectivity index (χ1) is 16.7. The molecule has 6 heteroatoms. The van der Waals surface area contributed by atoms with Crippen molar-refractivity contribution in [2.24, 2.45) is 10.4 Å². The number of hydrogen-bond acceptors (Lipinski definition) is 5.